The Balaban J connectivity index is 1.92. The molecule has 4 nitrogen and oxygen atoms in total. The zero-order valence-corrected chi connectivity index (χ0v) is 8.76. The molecule has 0 aromatic heterocycles. The van der Waals surface area contributed by atoms with Crippen molar-refractivity contribution < 1.29 is 9.90 Å². The molecule has 16 heavy (non-hydrogen) atoms. The third-order valence-electron chi connectivity index (χ3n) is 2.77. The Morgan fingerprint density at radius 1 is 1.56 bits per heavy atom. The number of rotatable bonds is 3. The van der Waals surface area contributed by atoms with E-state index in [1.807, 2.05) is 18.2 Å². The quantitative estimate of drug-likeness (QED) is 0.821. The molecule has 1 N–H and O–H groups in total. The monoisotopic (exact) mass is 216 g/mol. The highest BCUT2D eigenvalue weighted by Gasteiger charge is 2.31. The second-order valence-corrected chi connectivity index (χ2v) is 4.04. The molecule has 1 aliphatic heterocycles. The molecule has 0 unspecified atom stereocenters. The van der Waals surface area contributed by atoms with Gasteiger partial charge in [-0.15, -0.1) is 0 Å². The zero-order chi connectivity index (χ0) is 11.5. The van der Waals surface area contributed by atoms with E-state index in [0.29, 0.717) is 18.7 Å². The van der Waals surface area contributed by atoms with E-state index < -0.39 is 5.97 Å². The highest BCUT2D eigenvalue weighted by atomic mass is 16.4. The van der Waals surface area contributed by atoms with Gasteiger partial charge in [0.15, 0.2) is 0 Å². The molecular weight excluding hydrogens is 204 g/mol. The van der Waals surface area contributed by atoms with E-state index in [2.05, 4.69) is 11.0 Å². The van der Waals surface area contributed by atoms with E-state index in [4.69, 9.17) is 10.4 Å². The predicted octanol–water partition coefficient (Wildman–Crippen LogP) is 1.07. The molecule has 0 bridgehead atoms. The molecule has 0 aliphatic carbocycles. The van der Waals surface area contributed by atoms with Crippen LogP contribution in [0.1, 0.15) is 11.1 Å². The molecule has 1 aromatic carbocycles. The molecule has 1 aliphatic rings. The van der Waals surface area contributed by atoms with Gasteiger partial charge in [-0.3, -0.25) is 9.69 Å². The first-order valence-electron chi connectivity index (χ1n) is 5.13. The number of carboxylic acid groups (broad SMARTS) is 1. The largest absolute Gasteiger partial charge is 0.481 e. The number of benzene rings is 1. The lowest BCUT2D eigenvalue weighted by Gasteiger charge is -2.36. The Morgan fingerprint density at radius 2 is 2.31 bits per heavy atom. The first kappa shape index (κ1) is 10.7. The Labute approximate surface area is 93.7 Å². The van der Waals surface area contributed by atoms with Crippen molar-refractivity contribution in [3.05, 3.63) is 35.4 Å². The number of aliphatic carboxylic acids is 1. The van der Waals surface area contributed by atoms with Crippen LogP contribution in [0, 0.1) is 17.2 Å². The first-order chi connectivity index (χ1) is 7.69. The number of nitrogens with zero attached hydrogens (tertiary/aromatic N) is 2. The minimum Gasteiger partial charge on any atom is -0.481 e. The van der Waals surface area contributed by atoms with Crippen LogP contribution in [0.15, 0.2) is 24.3 Å². The van der Waals surface area contributed by atoms with E-state index in [1.54, 1.807) is 6.07 Å². The second kappa shape index (κ2) is 4.33. The number of carbonyl (C=O) groups is 1. The SMILES string of the molecule is N#Cc1cccc(CN2CC(C(=O)O)C2)c1. The molecule has 82 valence electrons. The van der Waals surface area contributed by atoms with E-state index >= 15 is 0 Å². The highest BCUT2D eigenvalue weighted by molar-refractivity contribution is 5.71. The van der Waals surface area contributed by atoms with Crippen LogP contribution in [0.3, 0.4) is 0 Å². The minimum absolute atomic E-state index is 0.223. The number of carboxylic acids is 1. The Hall–Kier alpha value is -1.86. The Morgan fingerprint density at radius 3 is 2.94 bits per heavy atom. The fourth-order valence-electron chi connectivity index (χ4n) is 1.85. The number of nitriles is 1. The molecule has 1 fully saturated rings. The standard InChI is InChI=1S/C12H12N2O2/c13-5-9-2-1-3-10(4-9)6-14-7-11(8-14)12(15)16/h1-4,11H,6-8H2,(H,15,16). The van der Waals surface area contributed by atoms with Crippen LogP contribution in [0.4, 0.5) is 0 Å². The topological polar surface area (TPSA) is 64.3 Å². The van der Waals surface area contributed by atoms with Gasteiger partial charge in [-0.25, -0.2) is 0 Å². The number of hydrogen-bond acceptors (Lipinski definition) is 3. The molecular formula is C12H12N2O2. The Kier molecular flexibility index (Phi) is 2.88. The molecule has 0 atom stereocenters. The minimum atomic E-state index is -0.720. The maximum Gasteiger partial charge on any atom is 0.309 e. The normalized spacial score (nSPS) is 16.4. The molecule has 0 radical (unpaired) electrons. The summed E-state index contributed by atoms with van der Waals surface area (Å²) in [5.41, 5.74) is 1.70. The van der Waals surface area contributed by atoms with Crippen LogP contribution in [-0.4, -0.2) is 29.1 Å². The van der Waals surface area contributed by atoms with Crippen LogP contribution in [-0.2, 0) is 11.3 Å². The van der Waals surface area contributed by atoms with Crippen LogP contribution in [0.2, 0.25) is 0 Å². The van der Waals surface area contributed by atoms with Gasteiger partial charge in [0.25, 0.3) is 0 Å². The lowest BCUT2D eigenvalue weighted by Crippen LogP contribution is -2.49. The van der Waals surface area contributed by atoms with Crippen LogP contribution < -0.4 is 0 Å². The molecule has 0 spiro atoms. The van der Waals surface area contributed by atoms with Gasteiger partial charge in [-0.2, -0.15) is 5.26 Å². The zero-order valence-electron chi connectivity index (χ0n) is 8.76. The van der Waals surface area contributed by atoms with Gasteiger partial charge in [0.2, 0.25) is 0 Å². The maximum absolute atomic E-state index is 10.6. The molecule has 0 saturated carbocycles. The number of likely N-dealkylation sites (tertiary alicyclic amines) is 1. The van der Waals surface area contributed by atoms with Crippen LogP contribution in [0.5, 0.6) is 0 Å². The molecule has 1 aromatic rings. The van der Waals surface area contributed by atoms with Crippen molar-refractivity contribution in [2.75, 3.05) is 13.1 Å². The summed E-state index contributed by atoms with van der Waals surface area (Å²) in [5.74, 6) is -0.943. The summed E-state index contributed by atoms with van der Waals surface area (Å²) in [7, 11) is 0. The van der Waals surface area contributed by atoms with Crippen molar-refractivity contribution in [1.82, 2.24) is 4.90 Å². The molecule has 4 heteroatoms. The first-order valence-corrected chi connectivity index (χ1v) is 5.13. The lowest BCUT2D eigenvalue weighted by atomic mass is 9.99. The summed E-state index contributed by atoms with van der Waals surface area (Å²) in [4.78, 5) is 12.7. The van der Waals surface area contributed by atoms with Crippen molar-refractivity contribution in [2.24, 2.45) is 5.92 Å². The van der Waals surface area contributed by atoms with Crippen molar-refractivity contribution in [3.8, 4) is 6.07 Å². The summed E-state index contributed by atoms with van der Waals surface area (Å²) in [5, 5.41) is 17.5. The fourth-order valence-corrected chi connectivity index (χ4v) is 1.85. The van der Waals surface area contributed by atoms with Crippen molar-refractivity contribution >= 4 is 5.97 Å². The summed E-state index contributed by atoms with van der Waals surface area (Å²) in [6.45, 7) is 1.93. The van der Waals surface area contributed by atoms with Gasteiger partial charge in [0, 0.05) is 19.6 Å². The van der Waals surface area contributed by atoms with Gasteiger partial charge in [-0.05, 0) is 17.7 Å². The van der Waals surface area contributed by atoms with Crippen molar-refractivity contribution in [1.29, 1.82) is 5.26 Å². The van der Waals surface area contributed by atoms with E-state index in [1.165, 1.54) is 0 Å². The average molecular weight is 216 g/mol. The third kappa shape index (κ3) is 2.20. The van der Waals surface area contributed by atoms with Crippen LogP contribution in [0.25, 0.3) is 0 Å². The van der Waals surface area contributed by atoms with Crippen LogP contribution >= 0.6 is 0 Å². The summed E-state index contributed by atoms with van der Waals surface area (Å²) < 4.78 is 0. The molecule has 2 rings (SSSR count). The molecule has 1 saturated heterocycles. The summed E-state index contributed by atoms with van der Waals surface area (Å²) >= 11 is 0. The lowest BCUT2D eigenvalue weighted by molar-refractivity contribution is -0.147. The van der Waals surface area contributed by atoms with E-state index in [-0.39, 0.29) is 5.92 Å². The van der Waals surface area contributed by atoms with E-state index in [9.17, 15) is 4.79 Å². The third-order valence-corrected chi connectivity index (χ3v) is 2.77. The smallest absolute Gasteiger partial charge is 0.309 e. The molecule has 1 heterocycles. The van der Waals surface area contributed by atoms with Crippen molar-refractivity contribution in [2.45, 2.75) is 6.54 Å². The summed E-state index contributed by atoms with van der Waals surface area (Å²) in [6.07, 6.45) is 0. The van der Waals surface area contributed by atoms with Gasteiger partial charge in [0.1, 0.15) is 0 Å². The Bertz CT molecular complexity index is 445. The maximum atomic E-state index is 10.6. The van der Waals surface area contributed by atoms with E-state index in [0.717, 1.165) is 12.1 Å². The van der Waals surface area contributed by atoms with Crippen molar-refractivity contribution in [3.63, 3.8) is 0 Å². The second-order valence-electron chi connectivity index (χ2n) is 4.04. The number of hydrogen-bond donors (Lipinski definition) is 1. The van der Waals surface area contributed by atoms with Gasteiger partial charge in [-0.1, -0.05) is 12.1 Å². The predicted molar refractivity (Wildman–Crippen MR) is 57.6 cm³/mol. The van der Waals surface area contributed by atoms with Gasteiger partial charge >= 0.3 is 5.97 Å². The summed E-state index contributed by atoms with van der Waals surface area (Å²) in [6, 6.07) is 9.50. The molecule has 0 amide bonds. The highest BCUT2D eigenvalue weighted by Crippen LogP contribution is 2.18. The van der Waals surface area contributed by atoms with Gasteiger partial charge in [0.05, 0.1) is 17.6 Å². The average Bonchev–Trinajstić information content (AvgIpc) is 2.22. The van der Waals surface area contributed by atoms with Gasteiger partial charge < -0.3 is 5.11 Å². The fraction of sp³-hybridized carbons (Fsp3) is 0.333.